The van der Waals surface area contributed by atoms with Crippen LogP contribution in [0.4, 0.5) is 11.4 Å². The molecule has 0 spiro atoms. The minimum atomic E-state index is 0.141. The maximum atomic E-state index is 13.2. The minimum Gasteiger partial charge on any atom is -0.381 e. The number of hydrogen-bond donors (Lipinski definition) is 0. The van der Waals surface area contributed by atoms with Gasteiger partial charge in [0.05, 0.1) is 6.61 Å². The highest BCUT2D eigenvalue weighted by molar-refractivity contribution is 5.95. The fraction of sp³-hybridized carbons (Fsp3) is 0.423. The summed E-state index contributed by atoms with van der Waals surface area (Å²) in [5.74, 6) is 0.790. The zero-order valence-corrected chi connectivity index (χ0v) is 18.2. The molecule has 2 aromatic rings. The predicted octanol–water partition coefficient (Wildman–Crippen LogP) is 4.03. The SMILES string of the molecule is C[C@H]1CN(CC2CCOC2)CCN1C(=O)c1ccc(N2CC=Cc3ccccc32)cc1. The number of hydrogen-bond acceptors (Lipinski definition) is 4. The number of fused-ring (bicyclic) bond motifs is 1. The first kappa shape index (κ1) is 20.3. The summed E-state index contributed by atoms with van der Waals surface area (Å²) in [5, 5.41) is 0. The second-order valence-electron chi connectivity index (χ2n) is 8.96. The number of piperazine rings is 1. The fourth-order valence-corrected chi connectivity index (χ4v) is 5.05. The Bertz CT molecular complexity index is 949. The molecule has 0 saturated carbocycles. The van der Waals surface area contributed by atoms with Gasteiger partial charge in [-0.15, -0.1) is 0 Å². The van der Waals surface area contributed by atoms with Crippen LogP contribution in [0.1, 0.15) is 29.3 Å². The molecule has 0 aliphatic carbocycles. The molecule has 2 fully saturated rings. The molecule has 162 valence electrons. The number of nitrogens with zero attached hydrogens (tertiary/aromatic N) is 3. The Hall–Kier alpha value is -2.63. The second-order valence-corrected chi connectivity index (χ2v) is 8.96. The van der Waals surface area contributed by atoms with Gasteiger partial charge in [0.2, 0.25) is 0 Å². The van der Waals surface area contributed by atoms with Crippen LogP contribution in [0.2, 0.25) is 0 Å². The summed E-state index contributed by atoms with van der Waals surface area (Å²) in [5.41, 5.74) is 4.32. The molecular formula is C26H31N3O2. The van der Waals surface area contributed by atoms with E-state index in [4.69, 9.17) is 4.74 Å². The summed E-state index contributed by atoms with van der Waals surface area (Å²) in [7, 11) is 0. The van der Waals surface area contributed by atoms with Crippen LogP contribution >= 0.6 is 0 Å². The molecule has 0 N–H and O–H groups in total. The van der Waals surface area contributed by atoms with Crippen molar-refractivity contribution in [2.75, 3.05) is 50.8 Å². The van der Waals surface area contributed by atoms with E-state index in [1.54, 1.807) is 0 Å². The highest BCUT2D eigenvalue weighted by atomic mass is 16.5. The maximum absolute atomic E-state index is 13.2. The Morgan fingerprint density at radius 2 is 1.94 bits per heavy atom. The molecule has 1 amide bonds. The Kier molecular flexibility index (Phi) is 5.79. The molecule has 5 nitrogen and oxygen atoms in total. The molecule has 3 heterocycles. The highest BCUT2D eigenvalue weighted by Crippen LogP contribution is 2.32. The molecule has 2 saturated heterocycles. The molecule has 5 rings (SSSR count). The van der Waals surface area contributed by atoms with Gasteiger partial charge in [0.25, 0.3) is 5.91 Å². The van der Waals surface area contributed by atoms with Crippen molar-refractivity contribution < 1.29 is 9.53 Å². The number of amides is 1. The lowest BCUT2D eigenvalue weighted by atomic mass is 10.0. The quantitative estimate of drug-likeness (QED) is 0.752. The van der Waals surface area contributed by atoms with Gasteiger partial charge in [-0.2, -0.15) is 0 Å². The summed E-state index contributed by atoms with van der Waals surface area (Å²) in [6.07, 6.45) is 5.52. The van der Waals surface area contributed by atoms with E-state index in [1.165, 1.54) is 11.3 Å². The number of carbonyl (C=O) groups excluding carboxylic acids is 1. The first-order valence-electron chi connectivity index (χ1n) is 11.4. The largest absolute Gasteiger partial charge is 0.381 e. The van der Waals surface area contributed by atoms with Crippen LogP contribution in [-0.2, 0) is 4.74 Å². The smallest absolute Gasteiger partial charge is 0.254 e. The van der Waals surface area contributed by atoms with E-state index >= 15 is 0 Å². The normalized spacial score (nSPS) is 23.8. The van der Waals surface area contributed by atoms with E-state index in [1.807, 2.05) is 17.0 Å². The van der Waals surface area contributed by atoms with E-state index in [9.17, 15) is 4.79 Å². The lowest BCUT2D eigenvalue weighted by Gasteiger charge is -2.40. The van der Waals surface area contributed by atoms with Crippen molar-refractivity contribution in [3.63, 3.8) is 0 Å². The fourth-order valence-electron chi connectivity index (χ4n) is 5.05. The van der Waals surface area contributed by atoms with Gasteiger partial charge in [0.1, 0.15) is 0 Å². The van der Waals surface area contributed by atoms with Crippen LogP contribution < -0.4 is 4.90 Å². The summed E-state index contributed by atoms with van der Waals surface area (Å²) in [6.45, 7) is 8.56. The lowest BCUT2D eigenvalue weighted by Crippen LogP contribution is -2.54. The average molecular weight is 418 g/mol. The zero-order chi connectivity index (χ0) is 21.2. The van der Waals surface area contributed by atoms with E-state index in [-0.39, 0.29) is 11.9 Å². The molecular weight excluding hydrogens is 386 g/mol. The topological polar surface area (TPSA) is 36.0 Å². The van der Waals surface area contributed by atoms with Crippen molar-refractivity contribution >= 4 is 23.4 Å². The summed E-state index contributed by atoms with van der Waals surface area (Å²) >= 11 is 0. The number of anilines is 2. The van der Waals surface area contributed by atoms with Crippen LogP contribution in [0.3, 0.4) is 0 Å². The monoisotopic (exact) mass is 417 g/mol. The molecule has 1 unspecified atom stereocenters. The van der Waals surface area contributed by atoms with Crippen molar-refractivity contribution in [1.29, 1.82) is 0 Å². The first-order chi connectivity index (χ1) is 15.2. The highest BCUT2D eigenvalue weighted by Gasteiger charge is 2.30. The third-order valence-corrected chi connectivity index (χ3v) is 6.75. The number of ether oxygens (including phenoxy) is 1. The Morgan fingerprint density at radius 1 is 1.10 bits per heavy atom. The molecule has 0 radical (unpaired) electrons. The third-order valence-electron chi connectivity index (χ3n) is 6.75. The van der Waals surface area contributed by atoms with Crippen LogP contribution in [0, 0.1) is 5.92 Å². The average Bonchev–Trinajstić information content (AvgIpc) is 3.32. The number of benzene rings is 2. The number of carbonyl (C=O) groups is 1. The number of para-hydroxylation sites is 1. The van der Waals surface area contributed by atoms with Gasteiger partial charge in [-0.1, -0.05) is 30.4 Å². The van der Waals surface area contributed by atoms with Crippen LogP contribution in [0.25, 0.3) is 6.08 Å². The molecule has 0 aromatic heterocycles. The van der Waals surface area contributed by atoms with Crippen molar-refractivity contribution in [2.24, 2.45) is 5.92 Å². The Morgan fingerprint density at radius 3 is 2.71 bits per heavy atom. The summed E-state index contributed by atoms with van der Waals surface area (Å²) < 4.78 is 5.52. The van der Waals surface area contributed by atoms with E-state index in [2.05, 4.69) is 65.3 Å². The summed E-state index contributed by atoms with van der Waals surface area (Å²) in [4.78, 5) is 20.0. The van der Waals surface area contributed by atoms with Crippen molar-refractivity contribution in [3.8, 4) is 0 Å². The van der Waals surface area contributed by atoms with E-state index in [0.29, 0.717) is 5.92 Å². The minimum absolute atomic E-state index is 0.141. The van der Waals surface area contributed by atoms with Crippen LogP contribution in [0.15, 0.2) is 54.6 Å². The maximum Gasteiger partial charge on any atom is 0.254 e. The number of rotatable bonds is 4. The first-order valence-corrected chi connectivity index (χ1v) is 11.4. The molecule has 31 heavy (non-hydrogen) atoms. The van der Waals surface area contributed by atoms with Gasteiger partial charge in [0, 0.05) is 62.3 Å². The molecule has 2 atom stereocenters. The van der Waals surface area contributed by atoms with Crippen molar-refractivity contribution in [3.05, 3.63) is 65.7 Å². The summed E-state index contributed by atoms with van der Waals surface area (Å²) in [6, 6.07) is 16.8. The Balaban J connectivity index is 1.24. The zero-order valence-electron chi connectivity index (χ0n) is 18.2. The molecule has 0 bridgehead atoms. The lowest BCUT2D eigenvalue weighted by molar-refractivity contribution is 0.0452. The molecule has 5 heteroatoms. The van der Waals surface area contributed by atoms with Gasteiger partial charge in [-0.05, 0) is 55.2 Å². The standard InChI is InChI=1S/C26H31N3O2/c1-20-17-27(18-21-12-16-31-19-21)14-15-28(20)26(30)23-8-10-24(11-9-23)29-13-4-6-22-5-2-3-7-25(22)29/h2-11,20-21H,12-19H2,1H3/t20-,21?/m0/s1. The van der Waals surface area contributed by atoms with Crippen LogP contribution in [-0.4, -0.2) is 67.7 Å². The van der Waals surface area contributed by atoms with E-state index < -0.39 is 0 Å². The Labute approximate surface area is 184 Å². The van der Waals surface area contributed by atoms with Gasteiger partial charge in [0.15, 0.2) is 0 Å². The molecule has 3 aliphatic heterocycles. The van der Waals surface area contributed by atoms with Gasteiger partial charge >= 0.3 is 0 Å². The molecule has 3 aliphatic rings. The van der Waals surface area contributed by atoms with Crippen molar-refractivity contribution in [2.45, 2.75) is 19.4 Å². The van der Waals surface area contributed by atoms with Crippen molar-refractivity contribution in [1.82, 2.24) is 9.80 Å². The second kappa shape index (κ2) is 8.85. The third kappa shape index (κ3) is 4.25. The molecule has 2 aromatic carbocycles. The van der Waals surface area contributed by atoms with Crippen LogP contribution in [0.5, 0.6) is 0 Å². The van der Waals surface area contributed by atoms with Gasteiger partial charge in [-0.3, -0.25) is 9.69 Å². The van der Waals surface area contributed by atoms with Gasteiger partial charge < -0.3 is 14.5 Å². The van der Waals surface area contributed by atoms with E-state index in [0.717, 1.165) is 63.6 Å². The predicted molar refractivity (Wildman–Crippen MR) is 125 cm³/mol. The van der Waals surface area contributed by atoms with Gasteiger partial charge in [-0.25, -0.2) is 0 Å².